The Balaban J connectivity index is 1.82. The Labute approximate surface area is 121 Å². The zero-order valence-electron chi connectivity index (χ0n) is 12.1. The van der Waals surface area contributed by atoms with Gasteiger partial charge in [-0.3, -0.25) is 0 Å². The molecule has 5 heteroatoms. The molecule has 0 saturated carbocycles. The summed E-state index contributed by atoms with van der Waals surface area (Å²) in [6, 6.07) is 7.87. The maximum atomic E-state index is 11.4. The van der Waals surface area contributed by atoms with E-state index in [-0.39, 0.29) is 17.6 Å². The highest BCUT2D eigenvalue weighted by atomic mass is 32.2. The topological polar surface area (TPSA) is 55.4 Å². The van der Waals surface area contributed by atoms with Gasteiger partial charge in [0, 0.05) is 6.54 Å². The van der Waals surface area contributed by atoms with Gasteiger partial charge in [0.15, 0.2) is 9.84 Å². The summed E-state index contributed by atoms with van der Waals surface area (Å²) in [6.45, 7) is 6.20. The first kappa shape index (κ1) is 15.3. The molecular formula is C15H23NO3S. The Bertz CT molecular complexity index is 523. The number of hydrogen-bond acceptors (Lipinski definition) is 4. The summed E-state index contributed by atoms with van der Waals surface area (Å²) in [6.07, 6.45) is 0.407. The molecule has 1 N–H and O–H groups in total. The normalized spacial score (nSPS) is 21.2. The minimum atomic E-state index is -2.88. The van der Waals surface area contributed by atoms with Crippen LogP contribution in [0.15, 0.2) is 24.3 Å². The third kappa shape index (κ3) is 4.80. The van der Waals surface area contributed by atoms with E-state index in [0.717, 1.165) is 18.8 Å². The maximum absolute atomic E-state index is 11.4. The van der Waals surface area contributed by atoms with E-state index in [1.807, 2.05) is 24.3 Å². The Kier molecular flexibility index (Phi) is 5.05. The zero-order chi connectivity index (χ0) is 14.6. The second-order valence-electron chi connectivity index (χ2n) is 5.81. The number of sulfone groups is 1. The van der Waals surface area contributed by atoms with Gasteiger partial charge in [-0.15, -0.1) is 0 Å². The van der Waals surface area contributed by atoms with Crippen LogP contribution in [0.1, 0.15) is 25.8 Å². The largest absolute Gasteiger partial charge is 0.489 e. The van der Waals surface area contributed by atoms with E-state index in [1.165, 1.54) is 5.56 Å². The molecule has 1 aromatic rings. The first-order valence-corrected chi connectivity index (χ1v) is 8.93. The van der Waals surface area contributed by atoms with Crippen molar-refractivity contribution < 1.29 is 13.2 Å². The fraction of sp³-hybridized carbons (Fsp3) is 0.600. The van der Waals surface area contributed by atoms with Crippen LogP contribution in [0, 0.1) is 5.92 Å². The summed E-state index contributed by atoms with van der Waals surface area (Å²) in [7, 11) is -2.88. The summed E-state index contributed by atoms with van der Waals surface area (Å²) >= 11 is 0. The minimum absolute atomic E-state index is 0.144. The van der Waals surface area contributed by atoms with Crippen LogP contribution in [-0.2, 0) is 16.4 Å². The average Bonchev–Trinajstić information content (AvgIpc) is 2.70. The molecule has 0 aromatic heterocycles. The van der Waals surface area contributed by atoms with Crippen molar-refractivity contribution in [2.24, 2.45) is 5.92 Å². The molecule has 1 atom stereocenters. The lowest BCUT2D eigenvalue weighted by Crippen LogP contribution is -2.19. The Morgan fingerprint density at radius 3 is 2.55 bits per heavy atom. The first-order valence-electron chi connectivity index (χ1n) is 7.11. The summed E-state index contributed by atoms with van der Waals surface area (Å²) < 4.78 is 28.4. The Morgan fingerprint density at radius 2 is 2.00 bits per heavy atom. The van der Waals surface area contributed by atoms with E-state index in [0.29, 0.717) is 12.3 Å². The lowest BCUT2D eigenvalue weighted by Gasteiger charge is -2.12. The van der Waals surface area contributed by atoms with Gasteiger partial charge in [-0.1, -0.05) is 26.0 Å². The molecule has 1 aliphatic rings. The fourth-order valence-electron chi connectivity index (χ4n) is 2.24. The lowest BCUT2D eigenvalue weighted by molar-refractivity contribution is 0.229. The van der Waals surface area contributed by atoms with E-state index in [2.05, 4.69) is 19.2 Å². The predicted octanol–water partition coefficient (Wildman–Crippen LogP) is 2.00. The summed E-state index contributed by atoms with van der Waals surface area (Å²) in [5.41, 5.74) is 1.21. The van der Waals surface area contributed by atoms with Crippen LogP contribution < -0.4 is 10.1 Å². The van der Waals surface area contributed by atoms with Gasteiger partial charge < -0.3 is 10.1 Å². The number of nitrogens with one attached hydrogen (secondary N) is 1. The van der Waals surface area contributed by atoms with Crippen LogP contribution in [0.5, 0.6) is 5.75 Å². The molecular weight excluding hydrogens is 274 g/mol. The number of rotatable bonds is 6. The van der Waals surface area contributed by atoms with Crippen LogP contribution in [0.3, 0.4) is 0 Å². The van der Waals surface area contributed by atoms with Crippen LogP contribution in [0.25, 0.3) is 0 Å². The second-order valence-corrected chi connectivity index (χ2v) is 8.04. The van der Waals surface area contributed by atoms with E-state index < -0.39 is 9.84 Å². The van der Waals surface area contributed by atoms with Crippen molar-refractivity contribution in [1.82, 2.24) is 5.32 Å². The van der Waals surface area contributed by atoms with Crippen molar-refractivity contribution in [3.63, 3.8) is 0 Å². The minimum Gasteiger partial charge on any atom is -0.489 e. The van der Waals surface area contributed by atoms with Gasteiger partial charge in [0.25, 0.3) is 0 Å². The Hall–Kier alpha value is -1.07. The molecule has 112 valence electrons. The van der Waals surface area contributed by atoms with E-state index in [9.17, 15) is 8.42 Å². The van der Waals surface area contributed by atoms with Crippen molar-refractivity contribution in [3.8, 4) is 5.75 Å². The Morgan fingerprint density at radius 1 is 1.30 bits per heavy atom. The van der Waals surface area contributed by atoms with Gasteiger partial charge in [-0.05, 0) is 36.6 Å². The molecule has 1 unspecified atom stereocenters. The van der Waals surface area contributed by atoms with Gasteiger partial charge >= 0.3 is 0 Å². The van der Waals surface area contributed by atoms with E-state index >= 15 is 0 Å². The van der Waals surface area contributed by atoms with Gasteiger partial charge in [0.05, 0.1) is 11.5 Å². The second kappa shape index (κ2) is 6.59. The SMILES string of the molecule is CC(C)CNCc1ccc(OC2CCS(=O)(=O)C2)cc1. The highest BCUT2D eigenvalue weighted by molar-refractivity contribution is 7.91. The van der Waals surface area contributed by atoms with Crippen molar-refractivity contribution in [1.29, 1.82) is 0 Å². The average molecular weight is 297 g/mol. The molecule has 20 heavy (non-hydrogen) atoms. The van der Waals surface area contributed by atoms with Crippen molar-refractivity contribution in [3.05, 3.63) is 29.8 Å². The molecule has 1 aliphatic heterocycles. The lowest BCUT2D eigenvalue weighted by atomic mass is 10.2. The van der Waals surface area contributed by atoms with Gasteiger partial charge in [-0.25, -0.2) is 8.42 Å². The highest BCUT2D eigenvalue weighted by Gasteiger charge is 2.29. The number of benzene rings is 1. The van der Waals surface area contributed by atoms with E-state index in [1.54, 1.807) is 0 Å². The molecule has 0 spiro atoms. The van der Waals surface area contributed by atoms with Crippen molar-refractivity contribution >= 4 is 9.84 Å². The number of ether oxygens (including phenoxy) is 1. The third-order valence-corrected chi connectivity index (χ3v) is 5.04. The molecule has 1 fully saturated rings. The van der Waals surface area contributed by atoms with Crippen molar-refractivity contribution in [2.75, 3.05) is 18.1 Å². The van der Waals surface area contributed by atoms with Crippen LogP contribution in [0.4, 0.5) is 0 Å². The first-order chi connectivity index (χ1) is 9.44. The fourth-order valence-corrected chi connectivity index (χ4v) is 3.83. The van der Waals surface area contributed by atoms with Crippen LogP contribution >= 0.6 is 0 Å². The molecule has 4 nitrogen and oxygen atoms in total. The smallest absolute Gasteiger partial charge is 0.154 e. The van der Waals surface area contributed by atoms with Gasteiger partial charge in [0.2, 0.25) is 0 Å². The van der Waals surface area contributed by atoms with E-state index in [4.69, 9.17) is 4.74 Å². The molecule has 0 bridgehead atoms. The zero-order valence-corrected chi connectivity index (χ0v) is 12.9. The van der Waals surface area contributed by atoms with Gasteiger partial charge in [0.1, 0.15) is 11.9 Å². The maximum Gasteiger partial charge on any atom is 0.154 e. The van der Waals surface area contributed by atoms with Crippen molar-refractivity contribution in [2.45, 2.75) is 32.9 Å². The molecule has 1 aromatic carbocycles. The molecule has 2 rings (SSSR count). The monoisotopic (exact) mass is 297 g/mol. The highest BCUT2D eigenvalue weighted by Crippen LogP contribution is 2.20. The molecule has 0 radical (unpaired) electrons. The summed E-state index contributed by atoms with van der Waals surface area (Å²) in [4.78, 5) is 0. The number of hydrogen-bond donors (Lipinski definition) is 1. The molecule has 0 aliphatic carbocycles. The molecule has 1 saturated heterocycles. The molecule has 0 amide bonds. The van der Waals surface area contributed by atoms with Crippen LogP contribution in [-0.4, -0.2) is 32.6 Å². The van der Waals surface area contributed by atoms with Gasteiger partial charge in [-0.2, -0.15) is 0 Å². The quantitative estimate of drug-likeness (QED) is 0.872. The standard InChI is InChI=1S/C15H23NO3S/c1-12(2)9-16-10-13-3-5-14(6-4-13)19-15-7-8-20(17,18)11-15/h3-6,12,15-16H,7-11H2,1-2H3. The predicted molar refractivity (Wildman–Crippen MR) is 80.7 cm³/mol. The molecule has 1 heterocycles. The summed E-state index contributed by atoms with van der Waals surface area (Å²) in [5, 5.41) is 3.38. The van der Waals surface area contributed by atoms with Crippen LogP contribution in [0.2, 0.25) is 0 Å². The summed E-state index contributed by atoms with van der Waals surface area (Å²) in [5.74, 6) is 1.78. The third-order valence-electron chi connectivity index (χ3n) is 3.30.